The molecular formula is C11H16FNO2S. The number of sulfonamides is 1. The molecule has 3 nitrogen and oxygen atoms in total. The maximum atomic E-state index is 13.9. The van der Waals surface area contributed by atoms with Gasteiger partial charge in [-0.25, -0.2) is 17.5 Å². The van der Waals surface area contributed by atoms with Gasteiger partial charge in [-0.3, -0.25) is 0 Å². The Balaban J connectivity index is 3.22. The number of hydrogen-bond acceptors (Lipinski definition) is 2. The van der Waals surface area contributed by atoms with E-state index in [2.05, 4.69) is 0 Å². The smallest absolute Gasteiger partial charge is 0.214 e. The van der Waals surface area contributed by atoms with Gasteiger partial charge >= 0.3 is 0 Å². The molecule has 0 heterocycles. The third-order valence-corrected chi connectivity index (χ3v) is 3.34. The molecule has 0 fully saturated rings. The van der Waals surface area contributed by atoms with E-state index in [0.29, 0.717) is 5.56 Å². The summed E-state index contributed by atoms with van der Waals surface area (Å²) in [4.78, 5) is -0.408. The zero-order valence-corrected chi connectivity index (χ0v) is 10.2. The summed E-state index contributed by atoms with van der Waals surface area (Å²) in [6, 6.07) is 3.37. The lowest BCUT2D eigenvalue weighted by Gasteiger charge is -2.20. The van der Waals surface area contributed by atoms with Crippen LogP contribution in [0.15, 0.2) is 23.1 Å². The lowest BCUT2D eigenvalue weighted by molar-refractivity contribution is 0.519. The minimum Gasteiger partial charge on any atom is -0.214 e. The highest BCUT2D eigenvalue weighted by molar-refractivity contribution is 7.89. The standard InChI is InChI=1S/C11H16FNO2S/c1-11(2,3)9-6-5-8(7-10(9)12)16(14,15)13-4/h5-7,13H,1-4H3/i4D3. The molecule has 1 rings (SSSR count). The summed E-state index contributed by atoms with van der Waals surface area (Å²) in [6.45, 7) is 2.53. The average Bonchev–Trinajstić information content (AvgIpc) is 2.11. The van der Waals surface area contributed by atoms with E-state index in [0.717, 1.165) is 6.07 Å². The predicted molar refractivity (Wildman–Crippen MR) is 61.3 cm³/mol. The highest BCUT2D eigenvalue weighted by Crippen LogP contribution is 2.26. The molecule has 0 atom stereocenters. The first-order chi connectivity index (χ1) is 8.33. The molecule has 0 saturated heterocycles. The molecular weight excluding hydrogens is 229 g/mol. The summed E-state index contributed by atoms with van der Waals surface area (Å²) in [7, 11) is -4.26. The van der Waals surface area contributed by atoms with Crippen molar-refractivity contribution < 1.29 is 16.9 Å². The fourth-order valence-electron chi connectivity index (χ4n) is 1.33. The van der Waals surface area contributed by atoms with Crippen LogP contribution < -0.4 is 4.72 Å². The molecule has 1 N–H and O–H groups in total. The maximum Gasteiger partial charge on any atom is 0.240 e. The molecule has 5 heteroatoms. The van der Waals surface area contributed by atoms with Gasteiger partial charge in [0, 0.05) is 4.11 Å². The Morgan fingerprint density at radius 2 is 2.00 bits per heavy atom. The van der Waals surface area contributed by atoms with Crippen LogP contribution in [0.4, 0.5) is 4.39 Å². The predicted octanol–water partition coefficient (Wildman–Crippen LogP) is 2.03. The molecule has 1 aromatic carbocycles. The molecule has 0 bridgehead atoms. The van der Waals surface area contributed by atoms with Crippen LogP contribution in [0.3, 0.4) is 0 Å². The molecule has 0 aromatic heterocycles. The Labute approximate surface area is 99.9 Å². The number of rotatable bonds is 2. The van der Waals surface area contributed by atoms with E-state index in [4.69, 9.17) is 4.11 Å². The van der Waals surface area contributed by atoms with Gasteiger partial charge in [0.15, 0.2) is 0 Å². The largest absolute Gasteiger partial charge is 0.240 e. The van der Waals surface area contributed by atoms with Gasteiger partial charge in [-0.15, -0.1) is 0 Å². The molecule has 0 aliphatic carbocycles. The summed E-state index contributed by atoms with van der Waals surface area (Å²) < 4.78 is 59.5. The van der Waals surface area contributed by atoms with Crippen molar-refractivity contribution in [2.75, 3.05) is 6.98 Å². The Kier molecular flexibility index (Phi) is 2.36. The summed E-state index contributed by atoms with van der Waals surface area (Å²) in [5, 5.41) is 0. The van der Waals surface area contributed by atoms with E-state index in [1.807, 2.05) is 0 Å². The quantitative estimate of drug-likeness (QED) is 0.870. The van der Waals surface area contributed by atoms with Crippen LogP contribution in [0.5, 0.6) is 0 Å². The Morgan fingerprint density at radius 1 is 1.38 bits per heavy atom. The van der Waals surface area contributed by atoms with Crippen LogP contribution in [0, 0.1) is 5.82 Å². The summed E-state index contributed by atoms with van der Waals surface area (Å²) >= 11 is 0. The molecule has 16 heavy (non-hydrogen) atoms. The van der Waals surface area contributed by atoms with Crippen LogP contribution in [0.2, 0.25) is 0 Å². The van der Waals surface area contributed by atoms with Gasteiger partial charge in [0.05, 0.1) is 4.90 Å². The normalized spacial score (nSPS) is 16.4. The van der Waals surface area contributed by atoms with E-state index in [1.54, 1.807) is 20.8 Å². The molecule has 0 spiro atoms. The summed E-state index contributed by atoms with van der Waals surface area (Å²) in [5.41, 5.74) is -0.107. The van der Waals surface area contributed by atoms with Crippen molar-refractivity contribution in [3.05, 3.63) is 29.6 Å². The minimum absolute atomic E-state index is 0.361. The third-order valence-electron chi connectivity index (χ3n) is 2.19. The fraction of sp³-hybridized carbons (Fsp3) is 0.455. The molecule has 1 aromatic rings. The van der Waals surface area contributed by atoms with E-state index in [9.17, 15) is 12.8 Å². The Morgan fingerprint density at radius 3 is 2.44 bits per heavy atom. The van der Waals surface area contributed by atoms with Crippen LogP contribution in [0.25, 0.3) is 0 Å². The van der Waals surface area contributed by atoms with Gasteiger partial charge in [-0.05, 0) is 30.1 Å². The highest BCUT2D eigenvalue weighted by atomic mass is 32.2. The van der Waals surface area contributed by atoms with Crippen LogP contribution in [-0.4, -0.2) is 15.4 Å². The zero-order chi connectivity index (χ0) is 15.1. The Hall–Kier alpha value is -0.940. The topological polar surface area (TPSA) is 46.2 Å². The first-order valence-electron chi connectivity index (χ1n) is 6.17. The van der Waals surface area contributed by atoms with E-state index >= 15 is 0 Å². The van der Waals surface area contributed by atoms with Gasteiger partial charge in [-0.1, -0.05) is 26.8 Å². The number of benzene rings is 1. The Bertz CT molecular complexity index is 577. The van der Waals surface area contributed by atoms with Gasteiger partial charge in [0.2, 0.25) is 10.0 Å². The molecule has 90 valence electrons. The SMILES string of the molecule is [2H]C([2H])([2H])NS(=O)(=O)c1ccc(C(C)(C)C)c(F)c1. The second-order valence-corrected chi connectivity index (χ2v) is 6.18. The van der Waals surface area contributed by atoms with Crippen molar-refractivity contribution in [1.82, 2.24) is 4.72 Å². The number of hydrogen-bond donors (Lipinski definition) is 1. The summed E-state index contributed by atoms with van der Waals surface area (Å²) in [6.07, 6.45) is 0. The molecule has 0 unspecified atom stereocenters. The van der Waals surface area contributed by atoms with Crippen molar-refractivity contribution >= 4 is 10.0 Å². The highest BCUT2D eigenvalue weighted by Gasteiger charge is 2.21. The molecule has 0 amide bonds. The average molecular weight is 248 g/mol. The molecule has 0 radical (unpaired) electrons. The number of halogens is 1. The van der Waals surface area contributed by atoms with Gasteiger partial charge in [-0.2, -0.15) is 0 Å². The van der Waals surface area contributed by atoms with E-state index in [1.165, 1.54) is 16.9 Å². The second kappa shape index (κ2) is 4.14. The van der Waals surface area contributed by atoms with Crippen molar-refractivity contribution in [2.45, 2.75) is 31.1 Å². The summed E-state index contributed by atoms with van der Waals surface area (Å²) in [5.74, 6) is -0.680. The third kappa shape index (κ3) is 2.59. The van der Waals surface area contributed by atoms with Crippen LogP contribution >= 0.6 is 0 Å². The number of nitrogens with one attached hydrogen (secondary N) is 1. The van der Waals surface area contributed by atoms with Crippen molar-refractivity contribution in [3.63, 3.8) is 0 Å². The maximum absolute atomic E-state index is 13.9. The second-order valence-electron chi connectivity index (χ2n) is 4.50. The minimum atomic E-state index is -4.26. The van der Waals surface area contributed by atoms with Gasteiger partial charge < -0.3 is 0 Å². The van der Waals surface area contributed by atoms with Crippen LogP contribution in [-0.2, 0) is 15.4 Å². The molecule has 0 aliphatic heterocycles. The van der Waals surface area contributed by atoms with Crippen molar-refractivity contribution in [1.29, 1.82) is 0 Å². The first kappa shape index (κ1) is 9.13. The molecule has 0 aliphatic rings. The lowest BCUT2D eigenvalue weighted by atomic mass is 9.87. The van der Waals surface area contributed by atoms with Gasteiger partial charge in [0.25, 0.3) is 0 Å². The lowest BCUT2D eigenvalue weighted by Crippen LogP contribution is -2.20. The van der Waals surface area contributed by atoms with E-state index < -0.39 is 33.1 Å². The molecule has 0 saturated carbocycles. The monoisotopic (exact) mass is 248 g/mol. The fourth-order valence-corrected chi connectivity index (χ4v) is 1.95. The van der Waals surface area contributed by atoms with E-state index in [-0.39, 0.29) is 0 Å². The van der Waals surface area contributed by atoms with Crippen molar-refractivity contribution in [2.24, 2.45) is 0 Å². The van der Waals surface area contributed by atoms with Crippen LogP contribution in [0.1, 0.15) is 30.4 Å². The zero-order valence-electron chi connectivity index (χ0n) is 12.3. The first-order valence-corrected chi connectivity index (χ1v) is 6.15. The van der Waals surface area contributed by atoms with Gasteiger partial charge in [0.1, 0.15) is 5.82 Å². The van der Waals surface area contributed by atoms with Crippen molar-refractivity contribution in [3.8, 4) is 0 Å².